The van der Waals surface area contributed by atoms with Crippen molar-refractivity contribution in [1.82, 2.24) is 14.8 Å². The SMILES string of the molecule is CCn1c(SCC(=O)Nc2cccc(Cl)c2Cl)nnc1-c1ccc(C(C)C)cc1. The summed E-state index contributed by atoms with van der Waals surface area (Å²) < 4.78 is 2.01. The fourth-order valence-electron chi connectivity index (χ4n) is 2.83. The van der Waals surface area contributed by atoms with Crippen LogP contribution >= 0.6 is 35.0 Å². The fraction of sp³-hybridized carbons (Fsp3) is 0.286. The van der Waals surface area contributed by atoms with Crippen molar-refractivity contribution in [3.05, 3.63) is 58.1 Å². The molecule has 0 aliphatic heterocycles. The zero-order valence-corrected chi connectivity index (χ0v) is 18.8. The van der Waals surface area contributed by atoms with Gasteiger partial charge < -0.3 is 9.88 Å². The molecule has 3 rings (SSSR count). The summed E-state index contributed by atoms with van der Waals surface area (Å²) in [5.41, 5.74) is 2.78. The van der Waals surface area contributed by atoms with E-state index in [2.05, 4.69) is 53.6 Å². The van der Waals surface area contributed by atoms with Crippen LogP contribution in [0.5, 0.6) is 0 Å². The molecule has 0 aliphatic rings. The zero-order chi connectivity index (χ0) is 21.0. The van der Waals surface area contributed by atoms with Crippen LogP contribution < -0.4 is 5.32 Å². The lowest BCUT2D eigenvalue weighted by Crippen LogP contribution is -2.15. The summed E-state index contributed by atoms with van der Waals surface area (Å²) in [6.07, 6.45) is 0. The lowest BCUT2D eigenvalue weighted by molar-refractivity contribution is -0.113. The molecule has 5 nitrogen and oxygen atoms in total. The Hall–Kier alpha value is -2.02. The number of aromatic nitrogens is 3. The van der Waals surface area contributed by atoms with Gasteiger partial charge in [-0.25, -0.2) is 0 Å². The molecule has 8 heteroatoms. The molecule has 2 aromatic carbocycles. The van der Waals surface area contributed by atoms with Gasteiger partial charge in [-0.3, -0.25) is 4.79 Å². The Morgan fingerprint density at radius 1 is 1.14 bits per heavy atom. The van der Waals surface area contributed by atoms with E-state index in [4.69, 9.17) is 23.2 Å². The summed E-state index contributed by atoms with van der Waals surface area (Å²) in [6, 6.07) is 13.5. The van der Waals surface area contributed by atoms with Gasteiger partial charge in [0.25, 0.3) is 0 Å². The van der Waals surface area contributed by atoms with Gasteiger partial charge in [-0.05, 0) is 30.5 Å². The first-order chi connectivity index (χ1) is 13.9. The predicted octanol–water partition coefficient (Wildman–Crippen LogP) is 6.13. The molecule has 0 fully saturated rings. The average Bonchev–Trinajstić information content (AvgIpc) is 3.13. The van der Waals surface area contributed by atoms with Crippen LogP contribution in [-0.2, 0) is 11.3 Å². The van der Waals surface area contributed by atoms with E-state index in [-0.39, 0.29) is 11.7 Å². The van der Waals surface area contributed by atoms with Crippen LogP contribution in [0.25, 0.3) is 11.4 Å². The first-order valence-electron chi connectivity index (χ1n) is 9.30. The fourth-order valence-corrected chi connectivity index (χ4v) is 3.98. The van der Waals surface area contributed by atoms with Gasteiger partial charge in [0.15, 0.2) is 11.0 Å². The number of hydrogen-bond acceptors (Lipinski definition) is 4. The third kappa shape index (κ3) is 5.13. The third-order valence-electron chi connectivity index (χ3n) is 4.43. The van der Waals surface area contributed by atoms with Gasteiger partial charge >= 0.3 is 0 Å². The molecular formula is C21H22Cl2N4OS. The van der Waals surface area contributed by atoms with E-state index < -0.39 is 0 Å². The van der Waals surface area contributed by atoms with Gasteiger partial charge in [0.1, 0.15) is 0 Å². The predicted molar refractivity (Wildman–Crippen MR) is 121 cm³/mol. The molecule has 0 atom stereocenters. The number of rotatable bonds is 7. The second kappa shape index (κ2) is 9.65. The lowest BCUT2D eigenvalue weighted by Gasteiger charge is -2.10. The highest BCUT2D eigenvalue weighted by Crippen LogP contribution is 2.30. The quantitative estimate of drug-likeness (QED) is 0.441. The van der Waals surface area contributed by atoms with E-state index in [1.807, 2.05) is 11.5 Å². The summed E-state index contributed by atoms with van der Waals surface area (Å²) in [5, 5.41) is 12.8. The Morgan fingerprint density at radius 3 is 2.52 bits per heavy atom. The number of anilines is 1. The minimum Gasteiger partial charge on any atom is -0.324 e. The van der Waals surface area contributed by atoms with Gasteiger partial charge in [-0.1, -0.05) is 79.1 Å². The first-order valence-corrected chi connectivity index (χ1v) is 11.0. The van der Waals surface area contributed by atoms with Crippen LogP contribution in [0.15, 0.2) is 47.6 Å². The molecule has 1 amide bonds. The number of nitrogens with zero attached hydrogens (tertiary/aromatic N) is 3. The maximum absolute atomic E-state index is 12.3. The molecule has 0 saturated heterocycles. The number of hydrogen-bond donors (Lipinski definition) is 1. The van der Waals surface area contributed by atoms with Crippen molar-refractivity contribution in [2.75, 3.05) is 11.1 Å². The molecule has 0 radical (unpaired) electrons. The van der Waals surface area contributed by atoms with Gasteiger partial charge in [0.2, 0.25) is 5.91 Å². The van der Waals surface area contributed by atoms with Crippen LogP contribution in [0.4, 0.5) is 5.69 Å². The first kappa shape index (κ1) is 21.7. The van der Waals surface area contributed by atoms with E-state index in [9.17, 15) is 4.79 Å². The van der Waals surface area contributed by atoms with Gasteiger partial charge in [0, 0.05) is 12.1 Å². The van der Waals surface area contributed by atoms with Crippen LogP contribution in [0.1, 0.15) is 32.3 Å². The third-order valence-corrected chi connectivity index (χ3v) is 6.21. The highest BCUT2D eigenvalue weighted by molar-refractivity contribution is 7.99. The molecule has 0 unspecified atom stereocenters. The second-order valence-corrected chi connectivity index (χ2v) is 8.49. The standard InChI is InChI=1S/C21H22Cl2N4OS/c1-4-27-20(15-10-8-14(9-11-15)13(2)3)25-26-21(27)29-12-18(28)24-17-7-5-6-16(22)19(17)23/h5-11,13H,4,12H2,1-3H3,(H,24,28). The number of carbonyl (C=O) groups excluding carboxylic acids is 1. The molecule has 1 heterocycles. The van der Waals surface area contributed by atoms with E-state index in [1.54, 1.807) is 18.2 Å². The molecule has 152 valence electrons. The molecule has 0 bridgehead atoms. The van der Waals surface area contributed by atoms with Gasteiger partial charge in [-0.15, -0.1) is 10.2 Å². The monoisotopic (exact) mass is 448 g/mol. The normalized spacial score (nSPS) is 11.1. The van der Waals surface area contributed by atoms with Crippen molar-refractivity contribution >= 4 is 46.6 Å². The van der Waals surface area contributed by atoms with Gasteiger partial charge in [0.05, 0.1) is 21.5 Å². The van der Waals surface area contributed by atoms with E-state index in [0.29, 0.717) is 33.4 Å². The molecule has 29 heavy (non-hydrogen) atoms. The smallest absolute Gasteiger partial charge is 0.234 e. The molecule has 0 aliphatic carbocycles. The number of benzene rings is 2. The molecule has 1 aromatic heterocycles. The van der Waals surface area contributed by atoms with Crippen LogP contribution in [0.3, 0.4) is 0 Å². The van der Waals surface area contributed by atoms with Crippen LogP contribution in [0.2, 0.25) is 10.0 Å². The van der Waals surface area contributed by atoms with E-state index in [1.165, 1.54) is 17.3 Å². The lowest BCUT2D eigenvalue weighted by atomic mass is 10.0. The number of thioether (sulfide) groups is 1. The molecule has 1 N–H and O–H groups in total. The summed E-state index contributed by atoms with van der Waals surface area (Å²) in [7, 11) is 0. The van der Waals surface area contributed by atoms with Crippen LogP contribution in [0, 0.1) is 0 Å². The van der Waals surface area contributed by atoms with Crippen LogP contribution in [-0.4, -0.2) is 26.4 Å². The number of halogens is 2. The highest BCUT2D eigenvalue weighted by Gasteiger charge is 2.15. The number of nitrogens with one attached hydrogen (secondary N) is 1. The maximum atomic E-state index is 12.3. The molecule has 0 spiro atoms. The van der Waals surface area contributed by atoms with E-state index in [0.717, 1.165) is 11.4 Å². The van der Waals surface area contributed by atoms with Crippen molar-refractivity contribution in [2.24, 2.45) is 0 Å². The summed E-state index contributed by atoms with van der Waals surface area (Å²) in [6.45, 7) is 7.07. The average molecular weight is 449 g/mol. The Morgan fingerprint density at radius 2 is 1.86 bits per heavy atom. The van der Waals surface area contributed by atoms with Crippen molar-refractivity contribution in [3.8, 4) is 11.4 Å². The Bertz CT molecular complexity index is 1000. The second-order valence-electron chi connectivity index (χ2n) is 6.77. The van der Waals surface area contributed by atoms with Crippen molar-refractivity contribution in [1.29, 1.82) is 0 Å². The minimum absolute atomic E-state index is 0.187. The molecular weight excluding hydrogens is 427 g/mol. The van der Waals surface area contributed by atoms with E-state index >= 15 is 0 Å². The Labute approximate surface area is 184 Å². The highest BCUT2D eigenvalue weighted by atomic mass is 35.5. The summed E-state index contributed by atoms with van der Waals surface area (Å²) >= 11 is 13.4. The number of carbonyl (C=O) groups is 1. The number of amides is 1. The van der Waals surface area contributed by atoms with Gasteiger partial charge in [-0.2, -0.15) is 0 Å². The summed E-state index contributed by atoms with van der Waals surface area (Å²) in [4.78, 5) is 12.3. The topological polar surface area (TPSA) is 59.8 Å². The zero-order valence-electron chi connectivity index (χ0n) is 16.4. The van der Waals surface area contributed by atoms with Crippen molar-refractivity contribution in [3.63, 3.8) is 0 Å². The Balaban J connectivity index is 1.70. The Kier molecular flexibility index (Phi) is 7.22. The summed E-state index contributed by atoms with van der Waals surface area (Å²) in [5.74, 6) is 1.27. The molecule has 3 aromatic rings. The van der Waals surface area contributed by atoms with Crippen molar-refractivity contribution in [2.45, 2.75) is 38.4 Å². The maximum Gasteiger partial charge on any atom is 0.234 e. The largest absolute Gasteiger partial charge is 0.324 e. The van der Waals surface area contributed by atoms with Crippen molar-refractivity contribution < 1.29 is 4.79 Å². The minimum atomic E-state index is -0.187. The molecule has 0 saturated carbocycles.